The van der Waals surface area contributed by atoms with Crippen LogP contribution in [0.4, 0.5) is 0 Å². The van der Waals surface area contributed by atoms with Gasteiger partial charge in [-0.25, -0.2) is 0 Å². The summed E-state index contributed by atoms with van der Waals surface area (Å²) in [7, 11) is 1.57. The number of aliphatic hydroxyl groups is 1. The Kier molecular flexibility index (Phi) is 3.26. The third-order valence-electron chi connectivity index (χ3n) is 3.00. The van der Waals surface area contributed by atoms with E-state index in [0.717, 1.165) is 10.0 Å². The zero-order valence-electron chi connectivity index (χ0n) is 9.98. The third-order valence-corrected chi connectivity index (χ3v) is 3.53. The van der Waals surface area contributed by atoms with Crippen LogP contribution in [0.5, 0.6) is 0 Å². The van der Waals surface area contributed by atoms with Crippen molar-refractivity contribution in [1.82, 2.24) is 4.90 Å². The van der Waals surface area contributed by atoms with Crippen molar-refractivity contribution in [2.45, 2.75) is 13.0 Å². The van der Waals surface area contributed by atoms with Crippen molar-refractivity contribution in [2.75, 3.05) is 7.05 Å². The van der Waals surface area contributed by atoms with Crippen LogP contribution in [0.25, 0.3) is 0 Å². The molecule has 4 nitrogen and oxygen atoms in total. The molecule has 94 valence electrons. The Labute approximate surface area is 113 Å². The number of Topliss-reactive ketones (excluding diaryl/α,β-unsaturated/α-hetero) is 1. The summed E-state index contributed by atoms with van der Waals surface area (Å²) in [5.74, 6) is -1.26. The maximum atomic E-state index is 11.7. The first-order valence-electron chi connectivity index (χ1n) is 5.40. The Morgan fingerprint density at radius 2 is 1.89 bits per heavy atom. The van der Waals surface area contributed by atoms with Crippen LogP contribution in [-0.2, 0) is 9.59 Å². The van der Waals surface area contributed by atoms with Gasteiger partial charge in [-0.1, -0.05) is 28.1 Å². The summed E-state index contributed by atoms with van der Waals surface area (Å²) in [6.07, 6.45) is 0. The lowest BCUT2D eigenvalue weighted by molar-refractivity contribution is -0.128. The second-order valence-corrected chi connectivity index (χ2v) is 5.10. The largest absolute Gasteiger partial charge is 0.503 e. The molecule has 1 aliphatic heterocycles. The first-order valence-corrected chi connectivity index (χ1v) is 6.19. The molecule has 0 fully saturated rings. The van der Waals surface area contributed by atoms with Gasteiger partial charge in [-0.3, -0.25) is 9.59 Å². The van der Waals surface area contributed by atoms with Crippen molar-refractivity contribution in [2.24, 2.45) is 0 Å². The highest BCUT2D eigenvalue weighted by atomic mass is 79.9. The highest BCUT2D eigenvalue weighted by Crippen LogP contribution is 2.36. The van der Waals surface area contributed by atoms with Gasteiger partial charge in [0.15, 0.2) is 11.5 Å². The fourth-order valence-corrected chi connectivity index (χ4v) is 2.38. The van der Waals surface area contributed by atoms with E-state index in [-0.39, 0.29) is 11.4 Å². The molecule has 1 amide bonds. The Bertz CT molecular complexity index is 548. The first-order chi connectivity index (χ1) is 8.43. The average molecular weight is 310 g/mol. The number of nitrogens with zero attached hydrogens (tertiary/aromatic N) is 1. The number of benzene rings is 1. The van der Waals surface area contributed by atoms with Crippen molar-refractivity contribution in [3.8, 4) is 0 Å². The van der Waals surface area contributed by atoms with Gasteiger partial charge in [-0.15, -0.1) is 0 Å². The van der Waals surface area contributed by atoms with E-state index in [4.69, 9.17) is 0 Å². The summed E-state index contributed by atoms with van der Waals surface area (Å²) < 4.78 is 0.913. The molecule has 0 aromatic heterocycles. The maximum Gasteiger partial charge on any atom is 0.289 e. The number of hydrogen-bond acceptors (Lipinski definition) is 3. The first kappa shape index (κ1) is 12.8. The molecular formula is C13H12BrNO3. The smallest absolute Gasteiger partial charge is 0.289 e. The lowest BCUT2D eigenvalue weighted by atomic mass is 9.97. The monoisotopic (exact) mass is 309 g/mol. The van der Waals surface area contributed by atoms with Gasteiger partial charge in [0.25, 0.3) is 5.91 Å². The minimum atomic E-state index is -0.520. The van der Waals surface area contributed by atoms with Gasteiger partial charge in [-0.05, 0) is 24.6 Å². The molecule has 1 aliphatic rings. The molecule has 0 radical (unpaired) electrons. The third kappa shape index (κ3) is 1.95. The number of ketones is 1. The van der Waals surface area contributed by atoms with E-state index in [0.29, 0.717) is 0 Å². The molecule has 18 heavy (non-hydrogen) atoms. The number of carbonyl (C=O) groups excluding carboxylic acids is 2. The molecule has 0 aliphatic carbocycles. The van der Waals surface area contributed by atoms with E-state index in [1.807, 2.05) is 24.3 Å². The summed E-state index contributed by atoms with van der Waals surface area (Å²) in [6, 6.07) is 6.80. The van der Waals surface area contributed by atoms with E-state index in [1.165, 1.54) is 11.8 Å². The molecule has 1 aromatic carbocycles. The van der Waals surface area contributed by atoms with Crippen LogP contribution >= 0.6 is 15.9 Å². The fraction of sp³-hybridized carbons (Fsp3) is 0.231. The van der Waals surface area contributed by atoms with Crippen LogP contribution in [0.15, 0.2) is 40.1 Å². The van der Waals surface area contributed by atoms with E-state index < -0.39 is 17.7 Å². The molecule has 2 rings (SSSR count). The van der Waals surface area contributed by atoms with Gasteiger partial charge in [0.2, 0.25) is 0 Å². The van der Waals surface area contributed by atoms with Gasteiger partial charge in [0.05, 0.1) is 11.6 Å². The fourth-order valence-electron chi connectivity index (χ4n) is 2.12. The number of carbonyl (C=O) groups is 2. The second kappa shape index (κ2) is 4.57. The summed E-state index contributed by atoms with van der Waals surface area (Å²) in [6.45, 7) is 1.35. The Morgan fingerprint density at radius 3 is 2.39 bits per heavy atom. The molecule has 5 heteroatoms. The van der Waals surface area contributed by atoms with E-state index >= 15 is 0 Å². The molecular weight excluding hydrogens is 298 g/mol. The molecule has 0 spiro atoms. The summed E-state index contributed by atoms with van der Waals surface area (Å²) in [5.41, 5.74) is 0.952. The topological polar surface area (TPSA) is 57.6 Å². The number of aliphatic hydroxyl groups excluding tert-OH is 1. The molecule has 1 atom stereocenters. The van der Waals surface area contributed by atoms with Gasteiger partial charge in [0.1, 0.15) is 0 Å². The van der Waals surface area contributed by atoms with Crippen LogP contribution < -0.4 is 0 Å². The maximum absolute atomic E-state index is 11.7. The van der Waals surface area contributed by atoms with Crippen LogP contribution in [0, 0.1) is 0 Å². The molecule has 1 unspecified atom stereocenters. The number of likely N-dealkylation sites (N-methyl/N-ethyl adjacent to an activating group) is 1. The van der Waals surface area contributed by atoms with Crippen LogP contribution in [0.3, 0.4) is 0 Å². The van der Waals surface area contributed by atoms with Gasteiger partial charge in [0, 0.05) is 11.5 Å². The Balaban J connectivity index is 2.52. The lowest BCUT2D eigenvalue weighted by Crippen LogP contribution is -2.26. The van der Waals surface area contributed by atoms with E-state index in [1.54, 1.807) is 7.05 Å². The van der Waals surface area contributed by atoms with Crippen molar-refractivity contribution in [1.29, 1.82) is 0 Å². The predicted molar refractivity (Wildman–Crippen MR) is 70.0 cm³/mol. The van der Waals surface area contributed by atoms with Crippen molar-refractivity contribution < 1.29 is 14.7 Å². The van der Waals surface area contributed by atoms with E-state index in [2.05, 4.69) is 15.9 Å². The van der Waals surface area contributed by atoms with Gasteiger partial charge < -0.3 is 10.0 Å². The van der Waals surface area contributed by atoms with Crippen molar-refractivity contribution >= 4 is 27.6 Å². The van der Waals surface area contributed by atoms with Gasteiger partial charge in [-0.2, -0.15) is 0 Å². The Hall–Kier alpha value is -1.62. The number of amides is 1. The van der Waals surface area contributed by atoms with Crippen molar-refractivity contribution in [3.05, 3.63) is 45.6 Å². The van der Waals surface area contributed by atoms with Crippen LogP contribution in [0.2, 0.25) is 0 Å². The quantitative estimate of drug-likeness (QED) is 0.912. The lowest BCUT2D eigenvalue weighted by Gasteiger charge is -2.22. The molecule has 1 N–H and O–H groups in total. The van der Waals surface area contributed by atoms with Crippen molar-refractivity contribution in [3.63, 3.8) is 0 Å². The minimum Gasteiger partial charge on any atom is -0.503 e. The average Bonchev–Trinajstić information content (AvgIpc) is 2.55. The summed E-state index contributed by atoms with van der Waals surface area (Å²) in [4.78, 5) is 24.7. The molecule has 0 saturated carbocycles. The molecule has 0 saturated heterocycles. The number of rotatable bonds is 2. The highest BCUT2D eigenvalue weighted by molar-refractivity contribution is 9.10. The Morgan fingerprint density at radius 1 is 1.33 bits per heavy atom. The van der Waals surface area contributed by atoms with Gasteiger partial charge >= 0.3 is 0 Å². The number of hydrogen-bond donors (Lipinski definition) is 1. The standard InChI is InChI=1S/C13H12BrNO3/c1-7(16)10-11(15(2)13(18)12(10)17)8-3-5-9(14)6-4-8/h3-6,11,17H,1-2H3. The number of halogens is 1. The van der Waals surface area contributed by atoms with E-state index in [9.17, 15) is 14.7 Å². The summed E-state index contributed by atoms with van der Waals surface area (Å²) >= 11 is 3.33. The normalized spacial score (nSPS) is 19.6. The zero-order chi connectivity index (χ0) is 13.4. The highest BCUT2D eigenvalue weighted by Gasteiger charge is 2.40. The SMILES string of the molecule is CC(=O)C1=C(O)C(=O)N(C)C1c1ccc(Br)cc1. The predicted octanol–water partition coefficient (Wildman–Crippen LogP) is 2.36. The second-order valence-electron chi connectivity index (χ2n) is 4.19. The molecule has 1 aromatic rings. The van der Waals surface area contributed by atoms with Crippen LogP contribution in [0.1, 0.15) is 18.5 Å². The zero-order valence-corrected chi connectivity index (χ0v) is 11.6. The molecule has 0 bridgehead atoms. The van der Waals surface area contributed by atoms with Crippen LogP contribution in [-0.4, -0.2) is 28.7 Å². The summed E-state index contributed by atoms with van der Waals surface area (Å²) in [5, 5.41) is 9.74. The minimum absolute atomic E-state index is 0.157. The molecule has 1 heterocycles.